The molecule has 25 heavy (non-hydrogen) atoms. The number of carbonyl (C=O) groups excluding carboxylic acids is 1. The molecule has 1 spiro atoms. The lowest BCUT2D eigenvalue weighted by molar-refractivity contribution is -0.116. The number of benzene rings is 1. The van der Waals surface area contributed by atoms with E-state index in [0.29, 0.717) is 31.6 Å². The van der Waals surface area contributed by atoms with E-state index in [1.165, 1.54) is 0 Å². The highest BCUT2D eigenvalue weighted by atomic mass is 32.2. The summed E-state index contributed by atoms with van der Waals surface area (Å²) < 4.78 is 27.8. The first-order valence-electron chi connectivity index (χ1n) is 9.02. The van der Waals surface area contributed by atoms with Crippen LogP contribution in [0.2, 0.25) is 0 Å². The molecule has 3 aliphatic rings. The van der Waals surface area contributed by atoms with Gasteiger partial charge in [-0.15, -0.1) is 0 Å². The van der Waals surface area contributed by atoms with Crippen molar-refractivity contribution in [2.45, 2.75) is 55.9 Å². The van der Waals surface area contributed by atoms with Crippen LogP contribution >= 0.6 is 0 Å². The average Bonchev–Trinajstić information content (AvgIpc) is 2.94. The Morgan fingerprint density at radius 2 is 2.00 bits per heavy atom. The number of piperidine rings is 1. The molecule has 1 aliphatic carbocycles. The Morgan fingerprint density at radius 1 is 1.20 bits per heavy atom. The highest BCUT2D eigenvalue weighted by Gasteiger charge is 2.47. The molecule has 2 atom stereocenters. The third kappa shape index (κ3) is 2.88. The van der Waals surface area contributed by atoms with Crippen molar-refractivity contribution in [3.8, 4) is 0 Å². The maximum atomic E-state index is 13.1. The summed E-state index contributed by atoms with van der Waals surface area (Å²) in [7, 11) is -3.59. The normalized spacial score (nSPS) is 30.3. The van der Waals surface area contributed by atoms with Gasteiger partial charge in [0.05, 0.1) is 11.0 Å². The molecule has 136 valence electrons. The van der Waals surface area contributed by atoms with Gasteiger partial charge in [0.25, 0.3) is 0 Å². The number of hydrogen-bond donors (Lipinski definition) is 2. The average molecular weight is 364 g/mol. The van der Waals surface area contributed by atoms with Gasteiger partial charge >= 0.3 is 0 Å². The Bertz CT molecular complexity index is 807. The van der Waals surface area contributed by atoms with Crippen LogP contribution in [0.15, 0.2) is 23.1 Å². The van der Waals surface area contributed by atoms with Gasteiger partial charge in [-0.2, -0.15) is 4.31 Å². The van der Waals surface area contributed by atoms with E-state index >= 15 is 0 Å². The number of nitrogens with zero attached hydrogens (tertiary/aromatic N) is 1. The predicted octanol–water partition coefficient (Wildman–Crippen LogP) is 1.89. The van der Waals surface area contributed by atoms with Crippen LogP contribution in [0.1, 0.15) is 44.1 Å². The zero-order valence-electron chi connectivity index (χ0n) is 14.2. The minimum atomic E-state index is -3.59. The van der Waals surface area contributed by atoms with Crippen LogP contribution in [-0.2, 0) is 21.2 Å². The third-order valence-corrected chi connectivity index (χ3v) is 7.88. The van der Waals surface area contributed by atoms with Gasteiger partial charge in [-0.1, -0.05) is 6.42 Å². The Balaban J connectivity index is 1.62. The van der Waals surface area contributed by atoms with Gasteiger partial charge in [-0.3, -0.25) is 4.79 Å². The molecule has 0 aromatic heterocycles. The first-order valence-corrected chi connectivity index (χ1v) is 10.5. The fourth-order valence-electron chi connectivity index (χ4n) is 4.59. The minimum absolute atomic E-state index is 0.0312. The summed E-state index contributed by atoms with van der Waals surface area (Å²) in [6.45, 7) is 0.912. The molecule has 2 N–H and O–H groups in total. The monoisotopic (exact) mass is 364 g/mol. The number of nitrogens with one attached hydrogen (secondary N) is 1. The molecule has 1 amide bonds. The van der Waals surface area contributed by atoms with Crippen LogP contribution in [0.3, 0.4) is 0 Å². The van der Waals surface area contributed by atoms with Crippen molar-refractivity contribution >= 4 is 21.6 Å². The second kappa shape index (κ2) is 6.07. The number of aliphatic hydroxyl groups is 1. The number of amides is 1. The van der Waals surface area contributed by atoms with E-state index < -0.39 is 16.1 Å². The molecule has 1 aromatic rings. The first kappa shape index (κ1) is 17.0. The van der Waals surface area contributed by atoms with Crippen molar-refractivity contribution in [1.29, 1.82) is 0 Å². The number of sulfonamides is 1. The molecule has 1 saturated carbocycles. The second-order valence-corrected chi connectivity index (χ2v) is 9.52. The van der Waals surface area contributed by atoms with Crippen LogP contribution < -0.4 is 5.32 Å². The molecule has 2 aliphatic heterocycles. The zero-order valence-corrected chi connectivity index (χ0v) is 15.0. The van der Waals surface area contributed by atoms with E-state index in [1.54, 1.807) is 22.5 Å². The summed E-state index contributed by atoms with van der Waals surface area (Å²) >= 11 is 0. The van der Waals surface area contributed by atoms with E-state index in [1.807, 2.05) is 0 Å². The number of hydrogen-bond acceptors (Lipinski definition) is 4. The summed E-state index contributed by atoms with van der Waals surface area (Å²) in [6, 6.07) is 4.95. The highest BCUT2D eigenvalue weighted by Crippen LogP contribution is 2.46. The molecule has 1 aromatic carbocycles. The molecule has 2 heterocycles. The van der Waals surface area contributed by atoms with Crippen LogP contribution in [0.5, 0.6) is 0 Å². The van der Waals surface area contributed by atoms with Gasteiger partial charge in [0.15, 0.2) is 0 Å². The third-order valence-electron chi connectivity index (χ3n) is 6.04. The Labute approximate surface area is 148 Å². The Hall–Kier alpha value is -1.44. The van der Waals surface area contributed by atoms with Gasteiger partial charge in [0.1, 0.15) is 0 Å². The molecule has 6 nitrogen and oxygen atoms in total. The number of carbonyl (C=O) groups is 1. The lowest BCUT2D eigenvalue weighted by Crippen LogP contribution is -2.49. The van der Waals surface area contributed by atoms with Crippen molar-refractivity contribution in [1.82, 2.24) is 4.31 Å². The highest BCUT2D eigenvalue weighted by molar-refractivity contribution is 7.89. The van der Waals surface area contributed by atoms with Crippen LogP contribution in [0.25, 0.3) is 0 Å². The van der Waals surface area contributed by atoms with E-state index in [9.17, 15) is 18.3 Å². The van der Waals surface area contributed by atoms with E-state index in [4.69, 9.17) is 0 Å². The SMILES string of the molecule is O=C1CCc2cc(S(=O)(=O)N3CCC[C@]4(CCC[C@H]4O)C3)ccc2N1. The van der Waals surface area contributed by atoms with Crippen LogP contribution in [0.4, 0.5) is 5.69 Å². The molecule has 0 unspecified atom stereocenters. The number of anilines is 1. The Kier molecular flexibility index (Phi) is 4.13. The van der Waals surface area contributed by atoms with Crippen molar-refractivity contribution in [3.05, 3.63) is 23.8 Å². The topological polar surface area (TPSA) is 86.7 Å². The van der Waals surface area contributed by atoms with Crippen molar-refractivity contribution < 1.29 is 18.3 Å². The fraction of sp³-hybridized carbons (Fsp3) is 0.611. The summed E-state index contributed by atoms with van der Waals surface area (Å²) in [5.74, 6) is -0.0312. The zero-order chi connectivity index (χ0) is 17.7. The quantitative estimate of drug-likeness (QED) is 0.839. The van der Waals surface area contributed by atoms with Gasteiger partial charge in [-0.25, -0.2) is 8.42 Å². The van der Waals surface area contributed by atoms with E-state index in [-0.39, 0.29) is 16.2 Å². The fourth-order valence-corrected chi connectivity index (χ4v) is 6.21. The number of fused-ring (bicyclic) bond motifs is 1. The lowest BCUT2D eigenvalue weighted by Gasteiger charge is -2.41. The van der Waals surface area contributed by atoms with E-state index in [0.717, 1.165) is 37.7 Å². The van der Waals surface area contributed by atoms with Crippen LogP contribution in [-0.4, -0.2) is 42.9 Å². The number of aryl methyl sites for hydroxylation is 1. The second-order valence-electron chi connectivity index (χ2n) is 7.58. The summed E-state index contributed by atoms with van der Waals surface area (Å²) in [6.07, 6.45) is 4.87. The molecular formula is C18H24N2O4S. The first-order chi connectivity index (χ1) is 11.9. The molecule has 7 heteroatoms. The maximum Gasteiger partial charge on any atom is 0.243 e. The molecular weight excluding hydrogens is 340 g/mol. The molecule has 0 bridgehead atoms. The molecule has 4 rings (SSSR count). The molecule has 1 saturated heterocycles. The van der Waals surface area contributed by atoms with Crippen molar-refractivity contribution in [2.24, 2.45) is 5.41 Å². The minimum Gasteiger partial charge on any atom is -0.392 e. The summed E-state index contributed by atoms with van der Waals surface area (Å²) in [4.78, 5) is 11.8. The summed E-state index contributed by atoms with van der Waals surface area (Å²) in [5.41, 5.74) is 1.30. The standard InChI is InChI=1S/C18H24N2O4S/c21-16-3-1-8-18(16)9-2-10-20(12-18)25(23,24)14-5-6-15-13(11-14)4-7-17(22)19-15/h5-6,11,16,21H,1-4,7-10,12H2,(H,19,22)/t16-,18-/m1/s1. The smallest absolute Gasteiger partial charge is 0.243 e. The van der Waals surface area contributed by atoms with Gasteiger partial charge in [0.2, 0.25) is 15.9 Å². The predicted molar refractivity (Wildman–Crippen MR) is 93.7 cm³/mol. The Morgan fingerprint density at radius 3 is 2.76 bits per heavy atom. The van der Waals surface area contributed by atoms with Crippen molar-refractivity contribution in [2.75, 3.05) is 18.4 Å². The van der Waals surface area contributed by atoms with E-state index in [2.05, 4.69) is 5.32 Å². The van der Waals surface area contributed by atoms with Crippen LogP contribution in [0, 0.1) is 5.41 Å². The van der Waals surface area contributed by atoms with Gasteiger partial charge in [0, 0.05) is 30.6 Å². The lowest BCUT2D eigenvalue weighted by atomic mass is 9.77. The van der Waals surface area contributed by atoms with Crippen molar-refractivity contribution in [3.63, 3.8) is 0 Å². The summed E-state index contributed by atoms with van der Waals surface area (Å²) in [5, 5.41) is 13.2. The maximum absolute atomic E-state index is 13.1. The largest absolute Gasteiger partial charge is 0.392 e. The molecule has 2 fully saturated rings. The van der Waals surface area contributed by atoms with Gasteiger partial charge in [-0.05, 0) is 55.9 Å². The number of rotatable bonds is 2. The molecule has 0 radical (unpaired) electrons. The number of aliphatic hydroxyl groups excluding tert-OH is 1. The van der Waals surface area contributed by atoms with Gasteiger partial charge < -0.3 is 10.4 Å².